The van der Waals surface area contributed by atoms with Crippen LogP contribution in [0.15, 0.2) is 48.5 Å². The Morgan fingerprint density at radius 1 is 1.03 bits per heavy atom. The maximum Gasteiger partial charge on any atom is 0.407 e. The van der Waals surface area contributed by atoms with Crippen LogP contribution in [0.4, 0.5) is 4.79 Å². The van der Waals surface area contributed by atoms with Gasteiger partial charge in [-0.2, -0.15) is 0 Å². The summed E-state index contributed by atoms with van der Waals surface area (Å²) in [7, 11) is 0. The lowest BCUT2D eigenvalue weighted by molar-refractivity contribution is -0.137. The van der Waals surface area contributed by atoms with Crippen molar-refractivity contribution in [3.63, 3.8) is 0 Å². The smallest absolute Gasteiger partial charge is 0.407 e. The summed E-state index contributed by atoms with van der Waals surface area (Å²) >= 11 is 0. The van der Waals surface area contributed by atoms with Gasteiger partial charge in [0, 0.05) is 18.9 Å². The zero-order chi connectivity index (χ0) is 22.2. The average Bonchev–Trinajstić information content (AvgIpc) is 3.08. The first-order valence-electron chi connectivity index (χ1n) is 10.6. The molecule has 0 aromatic heterocycles. The number of carbonyl (C=O) groups is 3. The number of nitrogens with one attached hydrogen (secondary N) is 2. The summed E-state index contributed by atoms with van der Waals surface area (Å²) in [4.78, 5) is 35.4. The molecule has 0 heterocycles. The van der Waals surface area contributed by atoms with E-state index in [0.29, 0.717) is 19.3 Å². The number of carbonyl (C=O) groups excluding carboxylic acids is 2. The molecular formula is C24H28N2O5. The third kappa shape index (κ3) is 5.63. The van der Waals surface area contributed by atoms with Crippen molar-refractivity contribution in [1.82, 2.24) is 10.6 Å². The van der Waals surface area contributed by atoms with E-state index in [-0.39, 0.29) is 31.4 Å². The van der Waals surface area contributed by atoms with E-state index in [1.54, 1.807) is 0 Å². The van der Waals surface area contributed by atoms with E-state index < -0.39 is 18.1 Å². The molecule has 1 aliphatic rings. The van der Waals surface area contributed by atoms with Gasteiger partial charge in [0.05, 0.1) is 0 Å². The van der Waals surface area contributed by atoms with Gasteiger partial charge in [-0.3, -0.25) is 9.59 Å². The van der Waals surface area contributed by atoms with E-state index >= 15 is 0 Å². The van der Waals surface area contributed by atoms with E-state index in [1.165, 1.54) is 0 Å². The Bertz CT molecular complexity index is 898. The van der Waals surface area contributed by atoms with Gasteiger partial charge in [0.15, 0.2) is 0 Å². The molecule has 2 aromatic carbocycles. The second-order valence-electron chi connectivity index (χ2n) is 7.60. The van der Waals surface area contributed by atoms with E-state index in [4.69, 9.17) is 9.84 Å². The number of amides is 2. The zero-order valence-corrected chi connectivity index (χ0v) is 17.6. The molecule has 1 atom stereocenters. The van der Waals surface area contributed by atoms with Gasteiger partial charge < -0.3 is 20.5 Å². The highest BCUT2D eigenvalue weighted by molar-refractivity contribution is 5.85. The lowest BCUT2D eigenvalue weighted by Crippen LogP contribution is -2.47. The maximum absolute atomic E-state index is 12.4. The molecule has 1 aliphatic carbocycles. The number of carboxylic acids is 1. The van der Waals surface area contributed by atoms with Gasteiger partial charge in [-0.15, -0.1) is 0 Å². The molecule has 31 heavy (non-hydrogen) atoms. The Balaban J connectivity index is 1.57. The second kappa shape index (κ2) is 10.6. The van der Waals surface area contributed by atoms with Gasteiger partial charge in [0.25, 0.3) is 0 Å². The summed E-state index contributed by atoms with van der Waals surface area (Å²) in [5.41, 5.74) is 4.55. The largest absolute Gasteiger partial charge is 0.481 e. The molecule has 2 aromatic rings. The van der Waals surface area contributed by atoms with Crippen molar-refractivity contribution in [2.75, 3.05) is 13.2 Å². The third-order valence-corrected chi connectivity index (χ3v) is 5.40. The lowest BCUT2D eigenvalue weighted by atomic mass is 9.98. The summed E-state index contributed by atoms with van der Waals surface area (Å²) in [6.45, 7) is 2.35. The van der Waals surface area contributed by atoms with Crippen LogP contribution >= 0.6 is 0 Å². The van der Waals surface area contributed by atoms with Gasteiger partial charge in [0.2, 0.25) is 5.91 Å². The SMILES string of the molecule is CCC[C@@H](NC(=O)OCC1c2ccccc2-c2ccccc21)C(=O)NCCCC(=O)O. The molecule has 0 aliphatic heterocycles. The lowest BCUT2D eigenvalue weighted by Gasteiger charge is -2.19. The van der Waals surface area contributed by atoms with Crippen LogP contribution < -0.4 is 10.6 Å². The number of benzene rings is 2. The highest BCUT2D eigenvalue weighted by Crippen LogP contribution is 2.44. The molecule has 0 bridgehead atoms. The van der Waals surface area contributed by atoms with E-state index in [0.717, 1.165) is 22.3 Å². The molecule has 3 N–H and O–H groups in total. The first kappa shape index (κ1) is 22.3. The van der Waals surface area contributed by atoms with E-state index in [1.807, 2.05) is 43.3 Å². The summed E-state index contributed by atoms with van der Waals surface area (Å²) in [5.74, 6) is -1.29. The molecule has 7 heteroatoms. The number of aliphatic carboxylic acids is 1. The third-order valence-electron chi connectivity index (χ3n) is 5.40. The van der Waals surface area contributed by atoms with Gasteiger partial charge in [-0.25, -0.2) is 4.79 Å². The summed E-state index contributed by atoms with van der Waals surface area (Å²) in [6.07, 6.45) is 0.857. The van der Waals surface area contributed by atoms with Crippen molar-refractivity contribution in [3.05, 3.63) is 59.7 Å². The van der Waals surface area contributed by atoms with Crippen LogP contribution in [0, 0.1) is 0 Å². The van der Waals surface area contributed by atoms with Crippen molar-refractivity contribution in [2.45, 2.75) is 44.6 Å². The molecule has 0 unspecified atom stereocenters. The fraction of sp³-hybridized carbons (Fsp3) is 0.375. The number of carboxylic acid groups (broad SMARTS) is 1. The minimum Gasteiger partial charge on any atom is -0.481 e. The van der Waals surface area contributed by atoms with Crippen LogP contribution in [0.3, 0.4) is 0 Å². The van der Waals surface area contributed by atoms with Crippen LogP contribution in [-0.4, -0.2) is 42.3 Å². The molecule has 2 amide bonds. The number of rotatable bonds is 10. The van der Waals surface area contributed by atoms with Crippen molar-refractivity contribution >= 4 is 18.0 Å². The van der Waals surface area contributed by atoms with Crippen molar-refractivity contribution < 1.29 is 24.2 Å². The summed E-state index contributed by atoms with van der Waals surface area (Å²) in [5, 5.41) is 14.0. The van der Waals surface area contributed by atoms with E-state index in [9.17, 15) is 14.4 Å². The molecule has 0 saturated heterocycles. The quantitative estimate of drug-likeness (QED) is 0.505. The molecular weight excluding hydrogens is 396 g/mol. The van der Waals surface area contributed by atoms with Gasteiger partial charge in [0.1, 0.15) is 12.6 Å². The highest BCUT2D eigenvalue weighted by Gasteiger charge is 2.29. The summed E-state index contributed by atoms with van der Waals surface area (Å²) in [6, 6.07) is 15.5. The number of alkyl carbamates (subject to hydrolysis) is 1. The van der Waals surface area contributed by atoms with Crippen molar-refractivity contribution in [3.8, 4) is 11.1 Å². The Kier molecular flexibility index (Phi) is 7.65. The summed E-state index contributed by atoms with van der Waals surface area (Å²) < 4.78 is 5.52. The predicted molar refractivity (Wildman–Crippen MR) is 117 cm³/mol. The first-order chi connectivity index (χ1) is 15.0. The number of hydrogen-bond donors (Lipinski definition) is 3. The molecule has 0 saturated carbocycles. The number of fused-ring (bicyclic) bond motifs is 3. The maximum atomic E-state index is 12.4. The molecule has 3 rings (SSSR count). The Hall–Kier alpha value is -3.35. The van der Waals surface area contributed by atoms with Crippen molar-refractivity contribution in [1.29, 1.82) is 0 Å². The molecule has 0 fully saturated rings. The Morgan fingerprint density at radius 3 is 2.23 bits per heavy atom. The molecule has 0 spiro atoms. The van der Waals surface area contributed by atoms with Crippen LogP contribution in [0.1, 0.15) is 49.7 Å². The fourth-order valence-electron chi connectivity index (χ4n) is 3.91. The molecule has 7 nitrogen and oxygen atoms in total. The van der Waals surface area contributed by atoms with Gasteiger partial charge in [-0.1, -0.05) is 61.9 Å². The van der Waals surface area contributed by atoms with Gasteiger partial charge >= 0.3 is 12.1 Å². The minimum absolute atomic E-state index is 0.0153. The average molecular weight is 424 g/mol. The molecule has 0 radical (unpaired) electrons. The Morgan fingerprint density at radius 2 is 1.65 bits per heavy atom. The fourth-order valence-corrected chi connectivity index (χ4v) is 3.91. The van der Waals surface area contributed by atoms with Crippen molar-refractivity contribution in [2.24, 2.45) is 0 Å². The monoisotopic (exact) mass is 424 g/mol. The topological polar surface area (TPSA) is 105 Å². The predicted octanol–water partition coefficient (Wildman–Crippen LogP) is 3.67. The van der Waals surface area contributed by atoms with Crippen LogP contribution in [0.25, 0.3) is 11.1 Å². The zero-order valence-electron chi connectivity index (χ0n) is 17.6. The Labute approximate surface area is 181 Å². The number of hydrogen-bond acceptors (Lipinski definition) is 4. The standard InChI is InChI=1S/C24H28N2O5/c1-2-8-21(23(29)25-14-7-13-22(27)28)26-24(30)31-15-20-18-11-5-3-9-16(18)17-10-4-6-12-19(17)20/h3-6,9-12,20-21H,2,7-8,13-15H2,1H3,(H,25,29)(H,26,30)(H,27,28)/t21-/m1/s1. The normalized spacial score (nSPS) is 13.1. The van der Waals surface area contributed by atoms with Crippen LogP contribution in [-0.2, 0) is 14.3 Å². The van der Waals surface area contributed by atoms with Crippen LogP contribution in [0.2, 0.25) is 0 Å². The van der Waals surface area contributed by atoms with E-state index in [2.05, 4.69) is 22.8 Å². The minimum atomic E-state index is -0.906. The second-order valence-corrected chi connectivity index (χ2v) is 7.60. The van der Waals surface area contributed by atoms with Crippen LogP contribution in [0.5, 0.6) is 0 Å². The van der Waals surface area contributed by atoms with Gasteiger partial charge in [-0.05, 0) is 35.1 Å². The molecule has 164 valence electrons. The first-order valence-corrected chi connectivity index (χ1v) is 10.6. The number of ether oxygens (including phenoxy) is 1. The highest BCUT2D eigenvalue weighted by atomic mass is 16.5.